The van der Waals surface area contributed by atoms with Gasteiger partial charge in [0.05, 0.1) is 36.5 Å². The van der Waals surface area contributed by atoms with E-state index in [4.69, 9.17) is 14.7 Å². The van der Waals surface area contributed by atoms with Gasteiger partial charge in [-0.3, -0.25) is 4.68 Å². The maximum atomic E-state index is 13.5. The van der Waals surface area contributed by atoms with Gasteiger partial charge in [0.2, 0.25) is 5.95 Å². The predicted molar refractivity (Wildman–Crippen MR) is 117 cm³/mol. The van der Waals surface area contributed by atoms with Crippen LogP contribution >= 0.6 is 0 Å². The SMILES string of the molecule is Cc1ccc2c(C34CC(C(F)(F)F)(C3)C4)nc(N3CCOC(c4cnn(C5CC5)c4)C3)nc2n1. The molecule has 3 aromatic rings. The summed E-state index contributed by atoms with van der Waals surface area (Å²) in [6.45, 7) is 3.58. The molecular weight excluding hydrogens is 445 g/mol. The first kappa shape index (κ1) is 20.6. The van der Waals surface area contributed by atoms with Gasteiger partial charge in [0, 0.05) is 34.8 Å². The van der Waals surface area contributed by atoms with Gasteiger partial charge in [0.15, 0.2) is 5.65 Å². The van der Waals surface area contributed by atoms with Crippen LogP contribution in [0.15, 0.2) is 24.5 Å². The minimum atomic E-state index is -4.16. The van der Waals surface area contributed by atoms with E-state index in [0.717, 1.165) is 35.2 Å². The lowest BCUT2D eigenvalue weighted by Gasteiger charge is -2.70. The lowest BCUT2D eigenvalue weighted by Crippen LogP contribution is -2.70. The van der Waals surface area contributed by atoms with Crippen LogP contribution in [0.25, 0.3) is 11.0 Å². The Bertz CT molecular complexity index is 1280. The Morgan fingerprint density at radius 2 is 1.88 bits per heavy atom. The van der Waals surface area contributed by atoms with Crippen molar-refractivity contribution in [3.05, 3.63) is 41.5 Å². The van der Waals surface area contributed by atoms with Gasteiger partial charge in [-0.1, -0.05) is 0 Å². The van der Waals surface area contributed by atoms with Gasteiger partial charge in [-0.05, 0) is 51.2 Å². The number of hydrogen-bond acceptors (Lipinski definition) is 6. The first-order valence-electron chi connectivity index (χ1n) is 11.9. The van der Waals surface area contributed by atoms with Crippen LogP contribution in [-0.2, 0) is 10.2 Å². The molecule has 1 unspecified atom stereocenters. The Kier molecular flexibility index (Phi) is 4.05. The number of anilines is 1. The lowest BCUT2D eigenvalue weighted by atomic mass is 9.33. The number of ether oxygens (including phenoxy) is 1. The van der Waals surface area contributed by atoms with Crippen molar-refractivity contribution in [1.29, 1.82) is 0 Å². The zero-order chi connectivity index (χ0) is 23.3. The topological polar surface area (TPSA) is 69.0 Å². The molecule has 178 valence electrons. The number of fused-ring (bicyclic) bond motifs is 1. The van der Waals surface area contributed by atoms with E-state index in [9.17, 15) is 13.2 Å². The summed E-state index contributed by atoms with van der Waals surface area (Å²) in [6, 6.07) is 4.29. The molecule has 0 aromatic carbocycles. The number of aryl methyl sites for hydroxylation is 1. The van der Waals surface area contributed by atoms with Crippen molar-refractivity contribution in [1.82, 2.24) is 24.7 Å². The zero-order valence-corrected chi connectivity index (χ0v) is 18.8. The van der Waals surface area contributed by atoms with Gasteiger partial charge in [-0.2, -0.15) is 23.3 Å². The van der Waals surface area contributed by atoms with Crippen molar-refractivity contribution < 1.29 is 17.9 Å². The van der Waals surface area contributed by atoms with Crippen molar-refractivity contribution in [2.45, 2.75) is 62.8 Å². The molecule has 10 heteroatoms. The summed E-state index contributed by atoms with van der Waals surface area (Å²) in [5, 5.41) is 5.25. The molecule has 0 spiro atoms. The Labute approximate surface area is 194 Å². The quantitative estimate of drug-likeness (QED) is 0.562. The average molecular weight is 470 g/mol. The second-order valence-corrected chi connectivity index (χ2v) is 10.6. The van der Waals surface area contributed by atoms with Crippen LogP contribution in [-0.4, -0.2) is 50.6 Å². The highest BCUT2D eigenvalue weighted by molar-refractivity contribution is 5.81. The predicted octanol–water partition coefficient (Wildman–Crippen LogP) is 4.43. The smallest absolute Gasteiger partial charge is 0.370 e. The number of hydrogen-bond donors (Lipinski definition) is 0. The summed E-state index contributed by atoms with van der Waals surface area (Å²) in [4.78, 5) is 16.3. The summed E-state index contributed by atoms with van der Waals surface area (Å²) in [5.74, 6) is 0.522. The molecule has 1 atom stereocenters. The largest absolute Gasteiger partial charge is 0.394 e. The Morgan fingerprint density at radius 3 is 2.62 bits per heavy atom. The normalized spacial score (nSPS) is 30.8. The fourth-order valence-electron chi connectivity index (χ4n) is 6.07. The summed E-state index contributed by atoms with van der Waals surface area (Å²) in [6.07, 6.45) is 2.26. The summed E-state index contributed by atoms with van der Waals surface area (Å²) in [7, 11) is 0. The molecule has 0 amide bonds. The number of alkyl halides is 3. The number of pyridine rings is 1. The highest BCUT2D eigenvalue weighted by Crippen LogP contribution is 2.78. The Balaban J connectivity index is 1.22. The van der Waals surface area contributed by atoms with Crippen molar-refractivity contribution in [2.75, 3.05) is 24.6 Å². The van der Waals surface area contributed by atoms with Gasteiger partial charge >= 0.3 is 6.18 Å². The van der Waals surface area contributed by atoms with Crippen LogP contribution in [0.5, 0.6) is 0 Å². The second kappa shape index (κ2) is 6.68. The number of nitrogens with zero attached hydrogens (tertiary/aromatic N) is 6. The number of morpholine rings is 1. The summed E-state index contributed by atoms with van der Waals surface area (Å²) >= 11 is 0. The lowest BCUT2D eigenvalue weighted by molar-refractivity contribution is -0.337. The first-order chi connectivity index (χ1) is 16.3. The molecule has 8 rings (SSSR count). The molecule has 4 heterocycles. The maximum Gasteiger partial charge on any atom is 0.394 e. The maximum absolute atomic E-state index is 13.5. The summed E-state index contributed by atoms with van der Waals surface area (Å²) < 4.78 is 48.6. The fraction of sp³-hybridized carbons (Fsp3) is 0.583. The Hall–Kier alpha value is -2.75. The molecule has 2 bridgehead atoms. The van der Waals surface area contributed by atoms with Gasteiger partial charge in [-0.15, -0.1) is 0 Å². The van der Waals surface area contributed by atoms with E-state index < -0.39 is 17.0 Å². The minimum absolute atomic E-state index is 0.106. The number of rotatable bonds is 4. The van der Waals surface area contributed by atoms with Crippen LogP contribution in [0.3, 0.4) is 0 Å². The van der Waals surface area contributed by atoms with Crippen molar-refractivity contribution in [3.8, 4) is 0 Å². The zero-order valence-electron chi connectivity index (χ0n) is 18.8. The van der Waals surface area contributed by atoms with Crippen molar-refractivity contribution >= 4 is 17.0 Å². The molecule has 34 heavy (non-hydrogen) atoms. The van der Waals surface area contributed by atoms with Crippen LogP contribution < -0.4 is 4.90 Å². The molecule has 3 aromatic heterocycles. The van der Waals surface area contributed by atoms with E-state index in [1.165, 1.54) is 0 Å². The van der Waals surface area contributed by atoms with E-state index in [-0.39, 0.29) is 25.4 Å². The average Bonchev–Trinajstić information content (AvgIpc) is 3.47. The monoisotopic (exact) mass is 470 g/mol. The van der Waals surface area contributed by atoms with Crippen molar-refractivity contribution in [3.63, 3.8) is 0 Å². The van der Waals surface area contributed by atoms with Crippen LogP contribution in [0, 0.1) is 12.3 Å². The van der Waals surface area contributed by atoms with Crippen molar-refractivity contribution in [2.24, 2.45) is 5.41 Å². The first-order valence-corrected chi connectivity index (χ1v) is 11.9. The van der Waals surface area contributed by atoms with Crippen LogP contribution in [0.2, 0.25) is 0 Å². The molecule has 0 N–H and O–H groups in total. The fourth-order valence-corrected chi connectivity index (χ4v) is 6.07. The second-order valence-electron chi connectivity index (χ2n) is 10.6. The van der Waals surface area contributed by atoms with E-state index >= 15 is 0 Å². The molecule has 5 fully saturated rings. The molecule has 5 aliphatic rings. The number of halogens is 3. The van der Waals surface area contributed by atoms with Crippen LogP contribution in [0.1, 0.15) is 61.2 Å². The van der Waals surface area contributed by atoms with Gasteiger partial charge in [-0.25, -0.2) is 9.97 Å². The molecule has 0 radical (unpaired) electrons. The summed E-state index contributed by atoms with van der Waals surface area (Å²) in [5.41, 5.74) is 1.05. The van der Waals surface area contributed by atoms with E-state index in [2.05, 4.69) is 21.2 Å². The highest BCUT2D eigenvalue weighted by atomic mass is 19.4. The number of aromatic nitrogens is 5. The van der Waals surface area contributed by atoms with E-state index in [1.807, 2.05) is 29.9 Å². The highest BCUT2D eigenvalue weighted by Gasteiger charge is 2.79. The third-order valence-electron chi connectivity index (χ3n) is 8.08. The molecule has 4 saturated carbocycles. The third kappa shape index (κ3) is 2.93. The molecule has 1 saturated heterocycles. The molecule has 1 aliphatic heterocycles. The van der Waals surface area contributed by atoms with Gasteiger partial charge < -0.3 is 9.64 Å². The van der Waals surface area contributed by atoms with Gasteiger partial charge in [0.25, 0.3) is 0 Å². The molecule has 7 nitrogen and oxygen atoms in total. The van der Waals surface area contributed by atoms with Crippen LogP contribution in [0.4, 0.5) is 19.1 Å². The van der Waals surface area contributed by atoms with E-state index in [1.54, 1.807) is 0 Å². The third-order valence-corrected chi connectivity index (χ3v) is 8.08. The molecular formula is C24H25F3N6O. The van der Waals surface area contributed by atoms with Gasteiger partial charge in [0.1, 0.15) is 6.10 Å². The van der Waals surface area contributed by atoms with E-state index in [0.29, 0.717) is 37.3 Å². The minimum Gasteiger partial charge on any atom is -0.370 e. The standard InChI is InChI=1S/C24H25F3N6O/c1-14-2-5-17-19(22-11-23(12-22,13-22)24(25,26)27)30-21(31-20(17)29-14)32-6-7-34-18(10-32)15-8-28-33(9-15)16-3-4-16/h2,5,8-9,16,18H,3-4,6-7,10-13H2,1H3. The molecule has 4 aliphatic carbocycles. The Morgan fingerprint density at radius 1 is 1.09 bits per heavy atom.